The molecule has 0 aliphatic carbocycles. The molecule has 7 heteroatoms. The molecule has 4 aromatic rings. The van der Waals surface area contributed by atoms with Crippen molar-refractivity contribution in [1.82, 2.24) is 10.2 Å². The predicted molar refractivity (Wildman–Crippen MR) is 158 cm³/mol. The highest BCUT2D eigenvalue weighted by Gasteiger charge is 2.22. The number of carbonyl (C=O) groups is 3. The van der Waals surface area contributed by atoms with Crippen molar-refractivity contribution >= 4 is 29.4 Å². The molecule has 0 aliphatic heterocycles. The molecule has 4 rings (SSSR count). The molecule has 204 valence electrons. The molecular weight excluding hydrogens is 524 g/mol. The lowest BCUT2D eigenvalue weighted by Crippen LogP contribution is -2.35. The Hall–Kier alpha value is -4.42. The van der Waals surface area contributed by atoms with Gasteiger partial charge < -0.3 is 15.3 Å². The highest BCUT2D eigenvalue weighted by Crippen LogP contribution is 2.28. The molecule has 6 nitrogen and oxygen atoms in total. The molecule has 40 heavy (non-hydrogen) atoms. The van der Waals surface area contributed by atoms with E-state index in [9.17, 15) is 19.5 Å². The average molecular weight is 555 g/mol. The molecule has 2 N–H and O–H groups in total. The number of hydrogen-bond acceptors (Lipinski definition) is 3. The van der Waals surface area contributed by atoms with Crippen LogP contribution in [0.5, 0.6) is 0 Å². The van der Waals surface area contributed by atoms with E-state index in [1.54, 1.807) is 41.3 Å². The third-order valence-corrected chi connectivity index (χ3v) is 7.03. The van der Waals surface area contributed by atoms with Crippen molar-refractivity contribution in [1.29, 1.82) is 0 Å². The van der Waals surface area contributed by atoms with Crippen LogP contribution in [0.15, 0.2) is 97.1 Å². The van der Waals surface area contributed by atoms with Gasteiger partial charge >= 0.3 is 5.97 Å². The summed E-state index contributed by atoms with van der Waals surface area (Å²) in [5.74, 6) is -1.51. The number of nitrogens with one attached hydrogen (secondary N) is 1. The Morgan fingerprint density at radius 2 is 1.38 bits per heavy atom. The Bertz CT molecular complexity index is 1500. The Morgan fingerprint density at radius 1 is 0.775 bits per heavy atom. The maximum atomic E-state index is 13.9. The van der Waals surface area contributed by atoms with Crippen LogP contribution in [0.1, 0.15) is 43.8 Å². The molecule has 0 radical (unpaired) electrons. The fraction of sp³-hybridized carbons (Fsp3) is 0.182. The average Bonchev–Trinajstić information content (AvgIpc) is 2.97. The summed E-state index contributed by atoms with van der Waals surface area (Å²) >= 11 is 5.97. The first-order valence-corrected chi connectivity index (χ1v) is 13.5. The summed E-state index contributed by atoms with van der Waals surface area (Å²) in [6, 6.07) is 29.5. The largest absolute Gasteiger partial charge is 0.481 e. The lowest BCUT2D eigenvalue weighted by Gasteiger charge is -2.24. The van der Waals surface area contributed by atoms with Crippen molar-refractivity contribution in [3.63, 3.8) is 0 Å². The smallest absolute Gasteiger partial charge is 0.305 e. The molecule has 4 aromatic carbocycles. The number of nitrogens with zero attached hydrogens (tertiary/aromatic N) is 1. The predicted octanol–water partition coefficient (Wildman–Crippen LogP) is 6.41. The van der Waals surface area contributed by atoms with Gasteiger partial charge in [-0.05, 0) is 65.4 Å². The Labute approximate surface area is 239 Å². The monoisotopic (exact) mass is 554 g/mol. The van der Waals surface area contributed by atoms with E-state index in [0.717, 1.165) is 16.7 Å². The van der Waals surface area contributed by atoms with E-state index >= 15 is 0 Å². The highest BCUT2D eigenvalue weighted by molar-refractivity contribution is 6.30. The summed E-state index contributed by atoms with van der Waals surface area (Å²) in [5, 5.41) is 12.9. The van der Waals surface area contributed by atoms with E-state index in [1.165, 1.54) is 0 Å². The quantitative estimate of drug-likeness (QED) is 0.224. The Morgan fingerprint density at radius 3 is 2.05 bits per heavy atom. The van der Waals surface area contributed by atoms with Gasteiger partial charge in [0.05, 0.1) is 6.42 Å². The molecule has 0 aromatic heterocycles. The molecule has 0 unspecified atom stereocenters. The summed E-state index contributed by atoms with van der Waals surface area (Å²) in [7, 11) is 0. The number of halogens is 1. The van der Waals surface area contributed by atoms with Gasteiger partial charge in [-0.25, -0.2) is 0 Å². The van der Waals surface area contributed by atoms with Crippen LogP contribution in [0.25, 0.3) is 11.1 Å². The maximum Gasteiger partial charge on any atom is 0.305 e. The minimum absolute atomic E-state index is 0.0810. The Balaban J connectivity index is 1.61. The minimum Gasteiger partial charge on any atom is -0.481 e. The van der Waals surface area contributed by atoms with Gasteiger partial charge in [0.2, 0.25) is 0 Å². The minimum atomic E-state index is -0.968. The number of hydrogen-bond donors (Lipinski definition) is 2. The lowest BCUT2D eigenvalue weighted by atomic mass is 9.94. The summed E-state index contributed by atoms with van der Waals surface area (Å²) in [6.07, 6.45) is 0.440. The Kier molecular flexibility index (Phi) is 9.71. The second-order valence-electron chi connectivity index (χ2n) is 9.51. The van der Waals surface area contributed by atoms with Gasteiger partial charge in [-0.2, -0.15) is 0 Å². The molecule has 0 spiro atoms. The SMILES string of the molecule is Cc1ccccc1CCN(CCC(=O)O)C(=O)c1ccccc1-c1ccccc1C(=O)NCc1ccc(Cl)cc1. The molecule has 0 bridgehead atoms. The van der Waals surface area contributed by atoms with Crippen molar-refractivity contribution in [2.75, 3.05) is 13.1 Å². The van der Waals surface area contributed by atoms with E-state index in [2.05, 4.69) is 5.32 Å². The zero-order valence-corrected chi connectivity index (χ0v) is 23.0. The van der Waals surface area contributed by atoms with Crippen LogP contribution in [0.3, 0.4) is 0 Å². The summed E-state index contributed by atoms with van der Waals surface area (Å²) in [5.41, 5.74) is 5.22. The first kappa shape index (κ1) is 28.6. The third-order valence-electron chi connectivity index (χ3n) is 6.78. The van der Waals surface area contributed by atoms with E-state index in [0.29, 0.717) is 46.8 Å². The highest BCUT2D eigenvalue weighted by atomic mass is 35.5. The molecule has 0 saturated carbocycles. The second kappa shape index (κ2) is 13.6. The van der Waals surface area contributed by atoms with Crippen molar-refractivity contribution in [3.05, 3.63) is 130 Å². The molecule has 2 amide bonds. The van der Waals surface area contributed by atoms with Gasteiger partial charge in [0.25, 0.3) is 11.8 Å². The molecule has 0 atom stereocenters. The molecule has 0 heterocycles. The maximum absolute atomic E-state index is 13.9. The number of aryl methyl sites for hydroxylation is 1. The number of rotatable bonds is 11. The normalized spacial score (nSPS) is 10.7. The van der Waals surface area contributed by atoms with E-state index in [4.69, 9.17) is 11.6 Å². The number of carboxylic acid groups (broad SMARTS) is 1. The first-order chi connectivity index (χ1) is 19.3. The summed E-state index contributed by atoms with van der Waals surface area (Å²) in [4.78, 5) is 40.1. The van der Waals surface area contributed by atoms with Gasteiger partial charge in [0, 0.05) is 35.8 Å². The second-order valence-corrected chi connectivity index (χ2v) is 9.95. The molecule has 0 aliphatic rings. The van der Waals surface area contributed by atoms with E-state index < -0.39 is 5.97 Å². The molecule has 0 saturated heterocycles. The summed E-state index contributed by atoms with van der Waals surface area (Å²) < 4.78 is 0. The number of amides is 2. The van der Waals surface area contributed by atoms with Crippen LogP contribution in [0.4, 0.5) is 0 Å². The van der Waals surface area contributed by atoms with Gasteiger partial charge in [0.15, 0.2) is 0 Å². The van der Waals surface area contributed by atoms with Crippen molar-refractivity contribution in [2.45, 2.75) is 26.3 Å². The first-order valence-electron chi connectivity index (χ1n) is 13.1. The molecular formula is C33H31ClN2O4. The van der Waals surface area contributed by atoms with Gasteiger partial charge in [-0.15, -0.1) is 0 Å². The standard InChI is InChI=1S/C33H31ClN2O4/c1-23-8-2-3-9-25(23)18-20-36(21-19-31(37)38)33(40)30-13-7-5-11-28(30)27-10-4-6-12-29(27)32(39)35-22-24-14-16-26(34)17-15-24/h2-17H,18-22H2,1H3,(H,35,39)(H,37,38). The molecule has 0 fully saturated rings. The topological polar surface area (TPSA) is 86.7 Å². The fourth-order valence-electron chi connectivity index (χ4n) is 4.56. The zero-order chi connectivity index (χ0) is 28.5. The van der Waals surface area contributed by atoms with Gasteiger partial charge in [-0.3, -0.25) is 14.4 Å². The fourth-order valence-corrected chi connectivity index (χ4v) is 4.69. The van der Waals surface area contributed by atoms with Crippen molar-refractivity contribution in [3.8, 4) is 11.1 Å². The number of carbonyl (C=O) groups excluding carboxylic acids is 2. The number of aliphatic carboxylic acids is 1. The van der Waals surface area contributed by atoms with Gasteiger partial charge in [0.1, 0.15) is 0 Å². The summed E-state index contributed by atoms with van der Waals surface area (Å²) in [6.45, 7) is 2.79. The third kappa shape index (κ3) is 7.36. The van der Waals surface area contributed by atoms with Crippen LogP contribution in [0, 0.1) is 6.92 Å². The van der Waals surface area contributed by atoms with E-state index in [-0.39, 0.29) is 24.8 Å². The van der Waals surface area contributed by atoms with Gasteiger partial charge in [-0.1, -0.05) is 84.4 Å². The van der Waals surface area contributed by atoms with E-state index in [1.807, 2.05) is 67.6 Å². The van der Waals surface area contributed by atoms with Crippen LogP contribution in [0.2, 0.25) is 5.02 Å². The number of benzene rings is 4. The van der Waals surface area contributed by atoms with Crippen LogP contribution in [-0.2, 0) is 17.8 Å². The zero-order valence-electron chi connectivity index (χ0n) is 22.3. The number of carboxylic acids is 1. The van der Waals surface area contributed by atoms with Crippen LogP contribution in [-0.4, -0.2) is 40.9 Å². The van der Waals surface area contributed by atoms with Crippen molar-refractivity contribution < 1.29 is 19.5 Å². The van der Waals surface area contributed by atoms with Crippen LogP contribution < -0.4 is 5.32 Å². The van der Waals surface area contributed by atoms with Crippen molar-refractivity contribution in [2.24, 2.45) is 0 Å². The van der Waals surface area contributed by atoms with Crippen LogP contribution >= 0.6 is 11.6 Å². The lowest BCUT2D eigenvalue weighted by molar-refractivity contribution is -0.137.